The largest absolute Gasteiger partial charge is 0.481 e. The monoisotopic (exact) mass is 462 g/mol. The van der Waals surface area contributed by atoms with Crippen molar-refractivity contribution in [1.82, 2.24) is 5.32 Å². The Morgan fingerprint density at radius 3 is 2.26 bits per heavy atom. The van der Waals surface area contributed by atoms with Crippen LogP contribution in [-0.4, -0.2) is 30.7 Å². The molecule has 1 unspecified atom stereocenters. The lowest BCUT2D eigenvalue weighted by atomic mass is 9.99. The van der Waals surface area contributed by atoms with Crippen LogP contribution in [0.3, 0.4) is 0 Å². The molecule has 5 N–H and O–H groups in total. The van der Waals surface area contributed by atoms with Crippen molar-refractivity contribution in [2.45, 2.75) is 25.7 Å². The fraction of sp³-hybridized carbons (Fsp3) is 0.259. The maximum Gasteiger partial charge on any atom is 0.307 e. The van der Waals surface area contributed by atoms with Crippen molar-refractivity contribution in [1.29, 1.82) is 5.26 Å². The third-order valence-corrected chi connectivity index (χ3v) is 5.13. The fourth-order valence-corrected chi connectivity index (χ4v) is 3.25. The number of nitrogens with two attached hydrogens (primary N) is 1. The average Bonchev–Trinajstić information content (AvgIpc) is 2.84. The molecule has 3 aromatic rings. The third kappa shape index (κ3) is 9.31. The number of aliphatic carboxylic acids is 1. The van der Waals surface area contributed by atoms with Crippen LogP contribution < -0.4 is 16.4 Å². The molecule has 6 nitrogen and oxygen atoms in total. The molecule has 34 heavy (non-hydrogen) atoms. The highest BCUT2D eigenvalue weighted by Crippen LogP contribution is 2.24. The summed E-state index contributed by atoms with van der Waals surface area (Å²) >= 11 is 0. The minimum atomic E-state index is -0.833. The van der Waals surface area contributed by atoms with Gasteiger partial charge in [0.05, 0.1) is 23.4 Å². The standard InChI is InChI=1S/C21H25FN4O2.C6H6/c1-14(16-5-3-15(4-6-16)9-20(27)28)13-25-7-2-8-26-19-11-18(22)10-17(12-23)21(19)24;1-2-4-6-5-3-1/h3-6,10-11,14,25-26H,2,7-9,13,24H2,1H3,(H,27,28);1-6H. The number of hydrogen-bond acceptors (Lipinski definition) is 5. The highest BCUT2D eigenvalue weighted by Gasteiger charge is 2.08. The average molecular weight is 463 g/mol. The van der Waals surface area contributed by atoms with Gasteiger partial charge < -0.3 is 21.5 Å². The minimum Gasteiger partial charge on any atom is -0.481 e. The summed E-state index contributed by atoms with van der Waals surface area (Å²) in [7, 11) is 0. The fourth-order valence-electron chi connectivity index (χ4n) is 3.25. The number of halogens is 1. The van der Waals surface area contributed by atoms with Gasteiger partial charge in [-0.05, 0) is 42.1 Å². The van der Waals surface area contributed by atoms with E-state index < -0.39 is 11.8 Å². The van der Waals surface area contributed by atoms with Gasteiger partial charge in [-0.1, -0.05) is 67.6 Å². The van der Waals surface area contributed by atoms with Gasteiger partial charge in [0, 0.05) is 13.1 Å². The van der Waals surface area contributed by atoms with Gasteiger partial charge >= 0.3 is 5.97 Å². The number of carboxylic acid groups (broad SMARTS) is 1. The number of nitrogens with one attached hydrogen (secondary N) is 2. The molecule has 1 atom stereocenters. The zero-order valence-electron chi connectivity index (χ0n) is 19.3. The summed E-state index contributed by atoms with van der Waals surface area (Å²) in [6, 6.07) is 23.9. The van der Waals surface area contributed by atoms with Gasteiger partial charge in [0.2, 0.25) is 0 Å². The van der Waals surface area contributed by atoms with E-state index in [-0.39, 0.29) is 17.7 Å². The summed E-state index contributed by atoms with van der Waals surface area (Å²) in [5.41, 5.74) is 8.61. The van der Waals surface area contributed by atoms with Crippen LogP contribution in [0.5, 0.6) is 0 Å². The van der Waals surface area contributed by atoms with Crippen LogP contribution in [0.1, 0.15) is 36.0 Å². The Morgan fingerprint density at radius 1 is 1.09 bits per heavy atom. The van der Waals surface area contributed by atoms with Crippen LogP contribution in [0, 0.1) is 17.1 Å². The van der Waals surface area contributed by atoms with E-state index in [4.69, 9.17) is 16.1 Å². The second-order valence-electron chi connectivity index (χ2n) is 7.88. The van der Waals surface area contributed by atoms with E-state index in [2.05, 4.69) is 17.6 Å². The second kappa shape index (κ2) is 14.3. The zero-order valence-corrected chi connectivity index (χ0v) is 19.3. The Bertz CT molecular complexity index is 1040. The molecule has 0 heterocycles. The lowest BCUT2D eigenvalue weighted by molar-refractivity contribution is -0.136. The van der Waals surface area contributed by atoms with Crippen molar-refractivity contribution in [3.05, 3.63) is 95.3 Å². The summed E-state index contributed by atoms with van der Waals surface area (Å²) in [6.45, 7) is 4.27. The molecule has 0 saturated heterocycles. The lowest BCUT2D eigenvalue weighted by Crippen LogP contribution is -2.23. The molecule has 0 aromatic heterocycles. The van der Waals surface area contributed by atoms with Gasteiger partial charge in [-0.2, -0.15) is 5.26 Å². The molecule has 0 amide bonds. The van der Waals surface area contributed by atoms with E-state index in [1.807, 2.05) is 66.7 Å². The van der Waals surface area contributed by atoms with E-state index in [0.717, 1.165) is 36.7 Å². The van der Waals surface area contributed by atoms with E-state index in [0.29, 0.717) is 18.2 Å². The Morgan fingerprint density at radius 2 is 1.71 bits per heavy atom. The molecule has 0 bridgehead atoms. The molecule has 7 heteroatoms. The highest BCUT2D eigenvalue weighted by molar-refractivity contribution is 5.73. The molecule has 0 aliphatic rings. The number of rotatable bonds is 10. The van der Waals surface area contributed by atoms with Crippen molar-refractivity contribution >= 4 is 17.3 Å². The molecule has 0 fully saturated rings. The maximum atomic E-state index is 13.5. The number of carbonyl (C=O) groups is 1. The number of carboxylic acids is 1. The number of anilines is 2. The van der Waals surface area contributed by atoms with E-state index in [9.17, 15) is 9.18 Å². The van der Waals surface area contributed by atoms with Crippen molar-refractivity contribution in [3.8, 4) is 6.07 Å². The van der Waals surface area contributed by atoms with Gasteiger partial charge in [0.15, 0.2) is 0 Å². The molecule has 0 aliphatic carbocycles. The van der Waals surface area contributed by atoms with Crippen molar-refractivity contribution < 1.29 is 14.3 Å². The quantitative estimate of drug-likeness (QED) is 0.255. The van der Waals surface area contributed by atoms with Gasteiger partial charge in [0.1, 0.15) is 11.9 Å². The first kappa shape index (κ1) is 26.4. The number of nitrogen functional groups attached to an aromatic ring is 1. The Kier molecular flexibility index (Phi) is 11.1. The van der Waals surface area contributed by atoms with Crippen LogP contribution in [0.25, 0.3) is 0 Å². The molecule has 3 rings (SSSR count). The second-order valence-corrected chi connectivity index (χ2v) is 7.88. The van der Waals surface area contributed by atoms with Gasteiger partial charge in [-0.25, -0.2) is 4.39 Å². The summed E-state index contributed by atoms with van der Waals surface area (Å²) in [6.07, 6.45) is 0.841. The Balaban J connectivity index is 0.000000589. The summed E-state index contributed by atoms with van der Waals surface area (Å²) in [5.74, 6) is -1.03. The number of benzene rings is 3. The van der Waals surface area contributed by atoms with Crippen molar-refractivity contribution in [2.24, 2.45) is 0 Å². The third-order valence-electron chi connectivity index (χ3n) is 5.13. The predicted octanol–water partition coefficient (Wildman–Crippen LogP) is 4.79. The molecule has 178 valence electrons. The topological polar surface area (TPSA) is 111 Å². The molecule has 0 saturated carbocycles. The summed E-state index contributed by atoms with van der Waals surface area (Å²) in [5, 5.41) is 24.2. The molecular weight excluding hydrogens is 431 g/mol. The van der Waals surface area contributed by atoms with Crippen LogP contribution in [-0.2, 0) is 11.2 Å². The Hall–Kier alpha value is -3.89. The molecule has 0 radical (unpaired) electrons. The Labute approximate surface area is 200 Å². The van der Waals surface area contributed by atoms with E-state index >= 15 is 0 Å². The zero-order chi connectivity index (χ0) is 24.8. The first-order valence-corrected chi connectivity index (χ1v) is 11.1. The van der Waals surface area contributed by atoms with Crippen LogP contribution >= 0.6 is 0 Å². The van der Waals surface area contributed by atoms with Crippen molar-refractivity contribution in [3.63, 3.8) is 0 Å². The molecule has 0 aliphatic heterocycles. The number of hydrogen-bond donors (Lipinski definition) is 4. The number of nitrogens with zero attached hydrogens (tertiary/aromatic N) is 1. The molecule has 0 spiro atoms. The van der Waals surface area contributed by atoms with E-state index in [1.54, 1.807) is 0 Å². The number of nitriles is 1. The minimum absolute atomic E-state index is 0.0333. The first-order valence-electron chi connectivity index (χ1n) is 11.1. The van der Waals surface area contributed by atoms with E-state index in [1.165, 1.54) is 6.07 Å². The maximum absolute atomic E-state index is 13.5. The summed E-state index contributed by atoms with van der Waals surface area (Å²) < 4.78 is 13.5. The van der Waals surface area contributed by atoms with Crippen LogP contribution in [0.15, 0.2) is 72.8 Å². The highest BCUT2D eigenvalue weighted by atomic mass is 19.1. The van der Waals surface area contributed by atoms with Crippen LogP contribution in [0.2, 0.25) is 0 Å². The van der Waals surface area contributed by atoms with Crippen LogP contribution in [0.4, 0.5) is 15.8 Å². The first-order chi connectivity index (χ1) is 16.4. The smallest absolute Gasteiger partial charge is 0.307 e. The van der Waals surface area contributed by atoms with Gasteiger partial charge in [-0.3, -0.25) is 4.79 Å². The SMILES string of the molecule is CC(CNCCCNc1cc(F)cc(C#N)c1N)c1ccc(CC(=O)O)cc1.c1ccccc1. The summed E-state index contributed by atoms with van der Waals surface area (Å²) in [4.78, 5) is 10.7. The molecule has 3 aromatic carbocycles. The normalized spacial score (nSPS) is 11.0. The van der Waals surface area contributed by atoms with Gasteiger partial charge in [-0.15, -0.1) is 0 Å². The lowest BCUT2D eigenvalue weighted by Gasteiger charge is -2.14. The van der Waals surface area contributed by atoms with Crippen molar-refractivity contribution in [2.75, 3.05) is 30.7 Å². The molecular formula is C27H31FN4O2. The predicted molar refractivity (Wildman–Crippen MR) is 134 cm³/mol. The van der Waals surface area contributed by atoms with Gasteiger partial charge in [0.25, 0.3) is 0 Å².